The van der Waals surface area contributed by atoms with Crippen LogP contribution in [0.15, 0.2) is 36.7 Å². The van der Waals surface area contributed by atoms with Crippen molar-refractivity contribution in [3.8, 4) is 11.5 Å². The largest absolute Gasteiger partial charge is 0.433 e. The molecule has 4 rings (SSSR count). The fourth-order valence-electron chi connectivity index (χ4n) is 2.62. The smallest absolute Gasteiger partial charge is 0.377 e. The van der Waals surface area contributed by atoms with E-state index in [1.807, 2.05) is 0 Å². The fourth-order valence-corrected chi connectivity index (χ4v) is 2.62. The predicted octanol–water partition coefficient (Wildman–Crippen LogP) is 3.92. The number of nitrogens with one attached hydrogen (secondary N) is 2. The number of anilines is 3. The molecule has 0 aromatic carbocycles. The highest BCUT2D eigenvalue weighted by Gasteiger charge is 2.33. The summed E-state index contributed by atoms with van der Waals surface area (Å²) in [5.41, 5.74) is -2.41. The Balaban J connectivity index is 1.70. The molecular formula is C18H13F6N7O. The lowest BCUT2D eigenvalue weighted by atomic mass is 10.2. The third-order valence-corrected chi connectivity index (χ3v) is 4.20. The van der Waals surface area contributed by atoms with Crippen LogP contribution in [0.4, 0.5) is 43.9 Å². The molecule has 0 bridgehead atoms. The summed E-state index contributed by atoms with van der Waals surface area (Å²) in [6, 6.07) is 3.87. The van der Waals surface area contributed by atoms with Gasteiger partial charge in [-0.05, 0) is 18.2 Å². The van der Waals surface area contributed by atoms with Crippen molar-refractivity contribution in [2.75, 3.05) is 23.8 Å². The molecule has 0 radical (unpaired) electrons. The SMILES string of the molecule is FC(F)(F)c1cncc(Nc2nc(NC3COC3)nc(-c3cccc(C(F)(F)F)n3)n2)c1. The molecule has 2 N–H and O–H groups in total. The molecule has 168 valence electrons. The van der Waals surface area contributed by atoms with Crippen molar-refractivity contribution in [3.63, 3.8) is 0 Å². The van der Waals surface area contributed by atoms with E-state index >= 15 is 0 Å². The molecule has 14 heteroatoms. The van der Waals surface area contributed by atoms with Gasteiger partial charge in [-0.15, -0.1) is 0 Å². The summed E-state index contributed by atoms with van der Waals surface area (Å²) >= 11 is 0. The topological polar surface area (TPSA) is 97.7 Å². The summed E-state index contributed by atoms with van der Waals surface area (Å²) in [5.74, 6) is -0.431. The van der Waals surface area contributed by atoms with E-state index in [2.05, 4.69) is 35.6 Å². The molecule has 1 aliphatic heterocycles. The Morgan fingerprint density at radius 1 is 0.875 bits per heavy atom. The van der Waals surface area contributed by atoms with Crippen LogP contribution < -0.4 is 10.6 Å². The lowest BCUT2D eigenvalue weighted by molar-refractivity contribution is -0.141. The Morgan fingerprint density at radius 3 is 2.28 bits per heavy atom. The Hall–Kier alpha value is -3.55. The monoisotopic (exact) mass is 457 g/mol. The lowest BCUT2D eigenvalue weighted by Crippen LogP contribution is -2.40. The molecule has 4 heterocycles. The van der Waals surface area contributed by atoms with E-state index in [0.717, 1.165) is 24.4 Å². The first-order valence-corrected chi connectivity index (χ1v) is 9.02. The van der Waals surface area contributed by atoms with Crippen LogP contribution in [0.5, 0.6) is 0 Å². The third kappa shape index (κ3) is 5.01. The summed E-state index contributed by atoms with van der Waals surface area (Å²) < 4.78 is 83.0. The standard InChI is InChI=1S/C18H13F6N7O/c19-17(20,21)9-4-10(6-25-5-9)26-15-29-14(30-16(31-15)27-11-7-32-8-11)12-2-1-3-13(28-12)18(22,23)24/h1-6,11H,7-8H2,(H2,26,27,29,30,31). The number of aromatic nitrogens is 5. The molecule has 8 nitrogen and oxygen atoms in total. The number of hydrogen-bond donors (Lipinski definition) is 2. The second-order valence-electron chi connectivity index (χ2n) is 6.68. The number of alkyl halides is 6. The van der Waals surface area contributed by atoms with E-state index in [1.165, 1.54) is 6.07 Å². The molecule has 32 heavy (non-hydrogen) atoms. The number of pyridine rings is 2. The van der Waals surface area contributed by atoms with Crippen molar-refractivity contribution in [1.82, 2.24) is 24.9 Å². The van der Waals surface area contributed by atoms with E-state index in [-0.39, 0.29) is 35.1 Å². The maximum Gasteiger partial charge on any atom is 0.433 e. The minimum Gasteiger partial charge on any atom is -0.377 e. The average Bonchev–Trinajstić information content (AvgIpc) is 2.70. The number of rotatable bonds is 5. The lowest BCUT2D eigenvalue weighted by Gasteiger charge is -2.26. The van der Waals surface area contributed by atoms with Crippen LogP contribution in [0.25, 0.3) is 11.5 Å². The van der Waals surface area contributed by atoms with Crippen LogP contribution >= 0.6 is 0 Å². The van der Waals surface area contributed by atoms with E-state index in [9.17, 15) is 26.3 Å². The third-order valence-electron chi connectivity index (χ3n) is 4.20. The normalized spacial score (nSPS) is 14.7. The molecule has 0 saturated carbocycles. The summed E-state index contributed by atoms with van der Waals surface area (Å²) in [7, 11) is 0. The van der Waals surface area contributed by atoms with Crippen LogP contribution in [0.1, 0.15) is 11.3 Å². The highest BCUT2D eigenvalue weighted by atomic mass is 19.4. The van der Waals surface area contributed by atoms with Gasteiger partial charge in [0.15, 0.2) is 5.82 Å². The van der Waals surface area contributed by atoms with Crippen LogP contribution in [0.3, 0.4) is 0 Å². The zero-order chi connectivity index (χ0) is 22.9. The second kappa shape index (κ2) is 8.18. The quantitative estimate of drug-likeness (QED) is 0.557. The van der Waals surface area contributed by atoms with Crippen molar-refractivity contribution < 1.29 is 31.1 Å². The Labute approximate surface area is 176 Å². The molecule has 0 atom stereocenters. The van der Waals surface area contributed by atoms with E-state index < -0.39 is 23.6 Å². The maximum absolute atomic E-state index is 13.0. The van der Waals surface area contributed by atoms with Gasteiger partial charge in [-0.1, -0.05) is 6.07 Å². The highest BCUT2D eigenvalue weighted by molar-refractivity contribution is 5.59. The summed E-state index contributed by atoms with van der Waals surface area (Å²) in [5, 5.41) is 5.50. The molecule has 3 aromatic rings. The van der Waals surface area contributed by atoms with Gasteiger partial charge in [0, 0.05) is 6.20 Å². The van der Waals surface area contributed by atoms with Gasteiger partial charge in [0.25, 0.3) is 0 Å². The van der Waals surface area contributed by atoms with Crippen LogP contribution in [-0.2, 0) is 17.1 Å². The van der Waals surface area contributed by atoms with Gasteiger partial charge < -0.3 is 15.4 Å². The average molecular weight is 457 g/mol. The number of hydrogen-bond acceptors (Lipinski definition) is 8. The molecule has 1 saturated heterocycles. The van der Waals surface area contributed by atoms with Crippen molar-refractivity contribution in [3.05, 3.63) is 47.9 Å². The fraction of sp³-hybridized carbons (Fsp3) is 0.278. The molecule has 1 fully saturated rings. The molecule has 0 amide bonds. The summed E-state index contributed by atoms with van der Waals surface area (Å²) in [4.78, 5) is 19.3. The second-order valence-corrected chi connectivity index (χ2v) is 6.68. The maximum atomic E-state index is 13.0. The predicted molar refractivity (Wildman–Crippen MR) is 98.8 cm³/mol. The van der Waals surface area contributed by atoms with Crippen LogP contribution in [0, 0.1) is 0 Å². The Bertz CT molecular complexity index is 1120. The van der Waals surface area contributed by atoms with Gasteiger partial charge in [-0.3, -0.25) is 4.98 Å². The minimum absolute atomic E-state index is 0.00931. The Kier molecular flexibility index (Phi) is 5.54. The van der Waals surface area contributed by atoms with Gasteiger partial charge in [0.1, 0.15) is 11.4 Å². The van der Waals surface area contributed by atoms with Crippen molar-refractivity contribution in [2.24, 2.45) is 0 Å². The Morgan fingerprint density at radius 2 is 1.62 bits per heavy atom. The van der Waals surface area contributed by atoms with Gasteiger partial charge in [-0.2, -0.15) is 41.3 Å². The zero-order valence-corrected chi connectivity index (χ0v) is 15.9. The number of ether oxygens (including phenoxy) is 1. The minimum atomic E-state index is -4.68. The van der Waals surface area contributed by atoms with Crippen molar-refractivity contribution in [2.45, 2.75) is 18.4 Å². The molecule has 0 spiro atoms. The molecule has 3 aromatic heterocycles. The van der Waals surface area contributed by atoms with E-state index in [4.69, 9.17) is 4.74 Å². The van der Waals surface area contributed by atoms with Crippen LogP contribution in [0.2, 0.25) is 0 Å². The van der Waals surface area contributed by atoms with Gasteiger partial charge >= 0.3 is 12.4 Å². The van der Waals surface area contributed by atoms with Crippen LogP contribution in [-0.4, -0.2) is 44.2 Å². The first kappa shape index (κ1) is 21.7. The molecule has 0 unspecified atom stereocenters. The molecular weight excluding hydrogens is 444 g/mol. The molecule has 1 aliphatic rings. The van der Waals surface area contributed by atoms with Gasteiger partial charge in [-0.25, -0.2) is 4.98 Å². The summed E-state index contributed by atoms with van der Waals surface area (Å²) in [6.45, 7) is 0.728. The molecule has 0 aliphatic carbocycles. The van der Waals surface area contributed by atoms with E-state index in [1.54, 1.807) is 0 Å². The van der Waals surface area contributed by atoms with E-state index in [0.29, 0.717) is 19.4 Å². The first-order chi connectivity index (χ1) is 15.1. The number of halogens is 6. The first-order valence-electron chi connectivity index (χ1n) is 9.02. The van der Waals surface area contributed by atoms with Gasteiger partial charge in [0.05, 0.1) is 36.7 Å². The number of nitrogens with zero attached hydrogens (tertiary/aromatic N) is 5. The highest BCUT2D eigenvalue weighted by Crippen LogP contribution is 2.31. The van der Waals surface area contributed by atoms with Crippen molar-refractivity contribution in [1.29, 1.82) is 0 Å². The van der Waals surface area contributed by atoms with Gasteiger partial charge in [0.2, 0.25) is 11.9 Å². The summed E-state index contributed by atoms with van der Waals surface area (Å²) in [6.07, 6.45) is -7.53. The van der Waals surface area contributed by atoms with Crippen molar-refractivity contribution >= 4 is 17.6 Å². The zero-order valence-electron chi connectivity index (χ0n) is 15.9.